The lowest BCUT2D eigenvalue weighted by atomic mass is 10.1. The van der Waals surface area contributed by atoms with Crippen molar-refractivity contribution in [3.63, 3.8) is 0 Å². The van der Waals surface area contributed by atoms with Crippen LogP contribution < -0.4 is 0 Å². The van der Waals surface area contributed by atoms with Gasteiger partial charge in [0.05, 0.1) is 23.6 Å². The van der Waals surface area contributed by atoms with Gasteiger partial charge in [0.2, 0.25) is 0 Å². The van der Waals surface area contributed by atoms with Crippen LogP contribution in [0.4, 0.5) is 4.79 Å². The monoisotopic (exact) mass is 381 g/mol. The first-order chi connectivity index (χ1) is 13.0. The molecule has 1 aliphatic rings. The summed E-state index contributed by atoms with van der Waals surface area (Å²) in [5.41, 5.74) is 1.22. The Morgan fingerprint density at radius 2 is 2.00 bits per heavy atom. The average molecular weight is 381 g/mol. The summed E-state index contributed by atoms with van der Waals surface area (Å²) in [6.45, 7) is 2.00. The molecule has 1 aliphatic heterocycles. The number of benzene rings is 1. The number of amides is 2. The average Bonchev–Trinajstić information content (AvgIpc) is 3.23. The fourth-order valence-electron chi connectivity index (χ4n) is 2.43. The van der Waals surface area contributed by atoms with Crippen LogP contribution in [0.1, 0.15) is 23.0 Å². The first-order valence-electron chi connectivity index (χ1n) is 8.09. The summed E-state index contributed by atoms with van der Waals surface area (Å²) in [4.78, 5) is 36.9. The molecule has 2 heterocycles. The van der Waals surface area contributed by atoms with Gasteiger partial charge in [0.15, 0.2) is 0 Å². The number of imide groups is 1. The van der Waals surface area contributed by atoms with Gasteiger partial charge in [0.25, 0.3) is 11.1 Å². The van der Waals surface area contributed by atoms with Crippen LogP contribution >= 0.6 is 11.8 Å². The summed E-state index contributed by atoms with van der Waals surface area (Å²) >= 11 is 0.823. The van der Waals surface area contributed by atoms with E-state index >= 15 is 0 Å². The molecule has 0 atom stereocenters. The lowest BCUT2D eigenvalue weighted by Crippen LogP contribution is -2.28. The van der Waals surface area contributed by atoms with Crippen LogP contribution in [0.5, 0.6) is 0 Å². The number of nitrogens with zero attached hydrogens (tertiary/aromatic N) is 1. The van der Waals surface area contributed by atoms with Crippen LogP contribution in [0, 0.1) is 12.3 Å². The van der Waals surface area contributed by atoms with Crippen LogP contribution in [0.2, 0.25) is 0 Å². The number of rotatable bonds is 5. The van der Waals surface area contributed by atoms with Crippen LogP contribution in [-0.2, 0) is 9.53 Å². The summed E-state index contributed by atoms with van der Waals surface area (Å²) in [6.07, 6.45) is 6.68. The van der Waals surface area contributed by atoms with Crippen molar-refractivity contribution in [2.75, 3.05) is 13.2 Å². The van der Waals surface area contributed by atoms with Crippen molar-refractivity contribution >= 4 is 35.0 Å². The van der Waals surface area contributed by atoms with Gasteiger partial charge in [-0.3, -0.25) is 14.5 Å². The van der Waals surface area contributed by atoms with Crippen LogP contribution in [0.15, 0.2) is 45.7 Å². The summed E-state index contributed by atoms with van der Waals surface area (Å²) < 4.78 is 10.7. The molecule has 0 aliphatic carbocycles. The number of esters is 1. The van der Waals surface area contributed by atoms with Crippen molar-refractivity contribution in [1.82, 2.24) is 4.90 Å². The zero-order valence-electron chi connectivity index (χ0n) is 14.4. The van der Waals surface area contributed by atoms with E-state index in [1.807, 2.05) is 0 Å². The van der Waals surface area contributed by atoms with Gasteiger partial charge in [0.1, 0.15) is 11.5 Å². The van der Waals surface area contributed by atoms with Gasteiger partial charge >= 0.3 is 5.97 Å². The van der Waals surface area contributed by atoms with Crippen LogP contribution in [-0.4, -0.2) is 35.2 Å². The van der Waals surface area contributed by atoms with Gasteiger partial charge in [0, 0.05) is 11.6 Å². The highest BCUT2D eigenvalue weighted by Gasteiger charge is 2.34. The van der Waals surface area contributed by atoms with Gasteiger partial charge < -0.3 is 9.15 Å². The van der Waals surface area contributed by atoms with Gasteiger partial charge in [-0.1, -0.05) is 18.1 Å². The molecule has 0 N–H and O–H groups in total. The molecule has 6 nitrogen and oxygen atoms in total. The van der Waals surface area contributed by atoms with E-state index in [1.54, 1.807) is 43.3 Å². The minimum Gasteiger partial charge on any atom is -0.462 e. The summed E-state index contributed by atoms with van der Waals surface area (Å²) in [5, 5.41) is -0.398. The first kappa shape index (κ1) is 18.5. The van der Waals surface area contributed by atoms with E-state index in [9.17, 15) is 14.4 Å². The maximum atomic E-state index is 12.2. The number of terminal acetylenes is 1. The number of thioether (sulfide) groups is 1. The standard InChI is InChI=1S/C20H15NO5S/c1-3-11-21-18(22)17(27-20(21)24)12-15-9-10-16(26-15)13-5-7-14(8-6-13)19(23)25-4-2/h1,5-10,12H,4,11H2,2H3. The Kier molecular flexibility index (Phi) is 5.48. The number of carbonyl (C=O) groups excluding carboxylic acids is 3. The number of ether oxygens (including phenoxy) is 1. The van der Waals surface area contributed by atoms with Gasteiger partial charge in [-0.15, -0.1) is 6.42 Å². The largest absolute Gasteiger partial charge is 0.462 e. The quantitative estimate of drug-likeness (QED) is 0.445. The normalized spacial score (nSPS) is 15.3. The van der Waals surface area contributed by atoms with Crippen molar-refractivity contribution in [3.8, 4) is 23.7 Å². The Balaban J connectivity index is 1.77. The first-order valence-corrected chi connectivity index (χ1v) is 8.91. The van der Waals surface area contributed by atoms with E-state index in [-0.39, 0.29) is 17.4 Å². The third-order valence-corrected chi connectivity index (χ3v) is 4.61. The molecule has 1 saturated heterocycles. The molecule has 0 radical (unpaired) electrons. The Morgan fingerprint density at radius 1 is 1.26 bits per heavy atom. The van der Waals surface area contributed by atoms with Crippen molar-refractivity contribution in [1.29, 1.82) is 0 Å². The summed E-state index contributed by atoms with van der Waals surface area (Å²) in [7, 11) is 0. The third kappa shape index (κ3) is 3.96. The van der Waals surface area contributed by atoms with Gasteiger partial charge in [-0.2, -0.15) is 0 Å². The fourth-order valence-corrected chi connectivity index (χ4v) is 3.25. The van der Waals surface area contributed by atoms with E-state index in [0.29, 0.717) is 23.7 Å². The zero-order chi connectivity index (χ0) is 19.4. The maximum absolute atomic E-state index is 12.2. The van der Waals surface area contributed by atoms with Gasteiger partial charge in [-0.25, -0.2) is 4.79 Å². The van der Waals surface area contributed by atoms with Gasteiger partial charge in [-0.05, 0) is 43.0 Å². The summed E-state index contributed by atoms with van der Waals surface area (Å²) in [5.74, 6) is 2.48. The van der Waals surface area contributed by atoms with Crippen LogP contribution in [0.3, 0.4) is 0 Å². The Bertz CT molecular complexity index is 965. The minimum absolute atomic E-state index is 0.0573. The smallest absolute Gasteiger partial charge is 0.338 e. The highest BCUT2D eigenvalue weighted by atomic mass is 32.2. The molecule has 7 heteroatoms. The molecule has 1 aromatic heterocycles. The lowest BCUT2D eigenvalue weighted by molar-refractivity contribution is -0.122. The van der Waals surface area contributed by atoms with E-state index in [4.69, 9.17) is 15.6 Å². The second kappa shape index (κ2) is 7.98. The predicted molar refractivity (Wildman–Crippen MR) is 102 cm³/mol. The van der Waals surface area contributed by atoms with Crippen molar-refractivity contribution in [3.05, 3.63) is 52.6 Å². The molecule has 136 valence electrons. The molecule has 2 aromatic rings. The molecule has 1 fully saturated rings. The van der Waals surface area contributed by atoms with Crippen molar-refractivity contribution in [2.45, 2.75) is 6.92 Å². The van der Waals surface area contributed by atoms with E-state index in [2.05, 4.69) is 5.92 Å². The van der Waals surface area contributed by atoms with E-state index in [1.165, 1.54) is 6.08 Å². The third-order valence-electron chi connectivity index (χ3n) is 3.70. The van der Waals surface area contributed by atoms with Crippen molar-refractivity contribution < 1.29 is 23.5 Å². The minimum atomic E-state index is -0.431. The molecule has 0 bridgehead atoms. The topological polar surface area (TPSA) is 76.8 Å². The molecule has 27 heavy (non-hydrogen) atoms. The Labute approximate surface area is 160 Å². The SMILES string of the molecule is C#CCN1C(=O)SC(=Cc2ccc(-c3ccc(C(=O)OCC)cc3)o2)C1=O. The van der Waals surface area contributed by atoms with Crippen LogP contribution in [0.25, 0.3) is 17.4 Å². The number of hydrogen-bond acceptors (Lipinski definition) is 6. The number of furan rings is 1. The Morgan fingerprint density at radius 3 is 2.67 bits per heavy atom. The molecule has 1 aromatic carbocycles. The van der Waals surface area contributed by atoms with E-state index in [0.717, 1.165) is 22.2 Å². The molecule has 0 unspecified atom stereocenters. The maximum Gasteiger partial charge on any atom is 0.338 e. The fraction of sp³-hybridized carbons (Fsp3) is 0.150. The molecule has 0 spiro atoms. The Hall–Kier alpha value is -3.24. The molecular formula is C20H15NO5S. The molecule has 3 rings (SSSR count). The highest BCUT2D eigenvalue weighted by molar-refractivity contribution is 8.18. The highest BCUT2D eigenvalue weighted by Crippen LogP contribution is 2.33. The van der Waals surface area contributed by atoms with Crippen molar-refractivity contribution in [2.24, 2.45) is 0 Å². The predicted octanol–water partition coefficient (Wildman–Crippen LogP) is 3.79. The summed E-state index contributed by atoms with van der Waals surface area (Å²) in [6, 6.07) is 10.2. The number of carbonyl (C=O) groups is 3. The molecular weight excluding hydrogens is 366 g/mol. The second-order valence-electron chi connectivity index (χ2n) is 5.47. The number of hydrogen-bond donors (Lipinski definition) is 0. The zero-order valence-corrected chi connectivity index (χ0v) is 15.2. The molecule has 0 saturated carbocycles. The molecule has 2 amide bonds. The lowest BCUT2D eigenvalue weighted by Gasteiger charge is -2.06. The second-order valence-corrected chi connectivity index (χ2v) is 6.47. The van der Waals surface area contributed by atoms with E-state index < -0.39 is 11.1 Å².